The third-order valence-corrected chi connectivity index (χ3v) is 3.81. The van der Waals surface area contributed by atoms with Crippen molar-refractivity contribution in [1.82, 2.24) is 9.55 Å². The van der Waals surface area contributed by atoms with E-state index in [1.165, 1.54) is 17.7 Å². The maximum absolute atomic E-state index is 12.5. The summed E-state index contributed by atoms with van der Waals surface area (Å²) in [6, 6.07) is 16.1. The molecule has 25 heavy (non-hydrogen) atoms. The molecule has 0 aliphatic carbocycles. The minimum Gasteiger partial charge on any atom is -0.321 e. The Labute approximate surface area is 144 Å². The molecule has 2 aromatic carbocycles. The number of hydrogen-bond acceptors (Lipinski definition) is 3. The van der Waals surface area contributed by atoms with Crippen molar-refractivity contribution in [1.29, 1.82) is 0 Å². The lowest BCUT2D eigenvalue weighted by Crippen LogP contribution is -2.24. The molecular formula is C19H17N3O3. The van der Waals surface area contributed by atoms with Crippen molar-refractivity contribution < 1.29 is 9.59 Å². The molecule has 1 heterocycles. The summed E-state index contributed by atoms with van der Waals surface area (Å²) in [5.41, 5.74) is 1.79. The van der Waals surface area contributed by atoms with Crippen LogP contribution in [0.3, 0.4) is 0 Å². The first kappa shape index (κ1) is 16.4. The highest BCUT2D eigenvalue weighted by atomic mass is 16.2. The zero-order valence-electron chi connectivity index (χ0n) is 13.7. The molecule has 1 aromatic heterocycles. The fourth-order valence-corrected chi connectivity index (χ4v) is 2.52. The van der Waals surface area contributed by atoms with Gasteiger partial charge >= 0.3 is 5.69 Å². The number of carbonyl (C=O) groups is 2. The van der Waals surface area contributed by atoms with E-state index in [-0.39, 0.29) is 17.2 Å². The molecule has 6 nitrogen and oxygen atoms in total. The van der Waals surface area contributed by atoms with E-state index in [2.05, 4.69) is 10.3 Å². The fraction of sp³-hybridized carbons (Fsp3) is 0.105. The van der Waals surface area contributed by atoms with Gasteiger partial charge < -0.3 is 10.3 Å². The van der Waals surface area contributed by atoms with Gasteiger partial charge in [-0.2, -0.15) is 0 Å². The van der Waals surface area contributed by atoms with Crippen LogP contribution in [-0.2, 0) is 6.54 Å². The van der Waals surface area contributed by atoms with Crippen molar-refractivity contribution in [2.75, 3.05) is 5.32 Å². The molecule has 0 saturated carbocycles. The van der Waals surface area contributed by atoms with Gasteiger partial charge in [0.05, 0.1) is 6.54 Å². The Morgan fingerprint density at radius 2 is 1.84 bits per heavy atom. The number of ketones is 1. The van der Waals surface area contributed by atoms with Crippen molar-refractivity contribution in [3.8, 4) is 0 Å². The minimum absolute atomic E-state index is 0.0845. The number of rotatable bonds is 5. The number of imidazole rings is 1. The first-order chi connectivity index (χ1) is 12.0. The van der Waals surface area contributed by atoms with E-state index in [1.54, 1.807) is 24.3 Å². The van der Waals surface area contributed by atoms with Gasteiger partial charge in [0.25, 0.3) is 5.91 Å². The third kappa shape index (κ3) is 3.74. The molecule has 3 rings (SSSR count). The normalized spacial score (nSPS) is 10.4. The summed E-state index contributed by atoms with van der Waals surface area (Å²) < 4.78 is 1.37. The smallest absolute Gasteiger partial charge is 0.321 e. The van der Waals surface area contributed by atoms with Crippen LogP contribution in [0.1, 0.15) is 33.3 Å². The van der Waals surface area contributed by atoms with Crippen LogP contribution in [0.5, 0.6) is 0 Å². The summed E-state index contributed by atoms with van der Waals surface area (Å²) >= 11 is 0. The van der Waals surface area contributed by atoms with Crippen molar-refractivity contribution in [2.45, 2.75) is 13.5 Å². The van der Waals surface area contributed by atoms with Gasteiger partial charge in [0.2, 0.25) is 0 Å². The van der Waals surface area contributed by atoms with Crippen molar-refractivity contribution in [3.05, 3.63) is 88.1 Å². The highest BCUT2D eigenvalue weighted by Gasteiger charge is 2.15. The molecule has 2 N–H and O–H groups in total. The number of anilines is 1. The van der Waals surface area contributed by atoms with Crippen molar-refractivity contribution in [3.63, 3.8) is 0 Å². The molecule has 0 spiro atoms. The van der Waals surface area contributed by atoms with Crippen molar-refractivity contribution >= 4 is 17.4 Å². The van der Waals surface area contributed by atoms with Gasteiger partial charge in [-0.05, 0) is 24.6 Å². The Hall–Kier alpha value is -3.41. The second kappa shape index (κ2) is 7.00. The average Bonchev–Trinajstić information content (AvgIpc) is 2.97. The summed E-state index contributed by atoms with van der Waals surface area (Å²) in [6.45, 7) is 1.75. The van der Waals surface area contributed by atoms with Crippen LogP contribution in [0.2, 0.25) is 0 Å². The lowest BCUT2D eigenvalue weighted by molar-refractivity contribution is 0.100. The Bertz CT molecular complexity index is 971. The fourth-order valence-electron chi connectivity index (χ4n) is 2.52. The summed E-state index contributed by atoms with van der Waals surface area (Å²) in [7, 11) is 0. The number of aromatic amines is 1. The number of Topliss-reactive ketones (excluding diaryl/α,β-unsaturated/α-hetero) is 1. The van der Waals surface area contributed by atoms with Gasteiger partial charge in [-0.15, -0.1) is 0 Å². The summed E-state index contributed by atoms with van der Waals surface area (Å²) in [4.78, 5) is 38.6. The Balaban J connectivity index is 1.85. The molecule has 0 bridgehead atoms. The zero-order chi connectivity index (χ0) is 17.8. The SMILES string of the molecule is CC(=O)c1cccc(NC(=O)c2c[nH]c(=O)n2Cc2ccccc2)c1. The van der Waals surface area contributed by atoms with Crippen molar-refractivity contribution in [2.24, 2.45) is 0 Å². The number of amides is 1. The Kier molecular flexibility index (Phi) is 4.61. The molecule has 0 aliphatic rings. The highest BCUT2D eigenvalue weighted by Crippen LogP contribution is 2.13. The highest BCUT2D eigenvalue weighted by molar-refractivity contribution is 6.04. The predicted molar refractivity (Wildman–Crippen MR) is 95.0 cm³/mol. The largest absolute Gasteiger partial charge is 0.326 e. The lowest BCUT2D eigenvalue weighted by atomic mass is 10.1. The van der Waals surface area contributed by atoms with Gasteiger partial charge in [-0.1, -0.05) is 42.5 Å². The van der Waals surface area contributed by atoms with Gasteiger partial charge in [-0.25, -0.2) is 4.79 Å². The van der Waals surface area contributed by atoms with Gasteiger partial charge in [0.1, 0.15) is 5.69 Å². The van der Waals surface area contributed by atoms with E-state index in [9.17, 15) is 14.4 Å². The summed E-state index contributed by atoms with van der Waals surface area (Å²) in [5, 5.41) is 2.72. The van der Waals surface area contributed by atoms with Crippen LogP contribution < -0.4 is 11.0 Å². The van der Waals surface area contributed by atoms with Crippen LogP contribution in [-0.4, -0.2) is 21.2 Å². The van der Waals surface area contributed by atoms with E-state index in [0.717, 1.165) is 5.56 Å². The second-order valence-electron chi connectivity index (χ2n) is 5.64. The topological polar surface area (TPSA) is 84.0 Å². The van der Waals surface area contributed by atoms with E-state index in [4.69, 9.17) is 0 Å². The Morgan fingerprint density at radius 1 is 1.08 bits per heavy atom. The number of H-pyrrole nitrogens is 1. The molecule has 0 fully saturated rings. The van der Waals surface area contributed by atoms with E-state index in [0.29, 0.717) is 17.8 Å². The van der Waals surface area contributed by atoms with Gasteiger partial charge in [-0.3, -0.25) is 14.2 Å². The van der Waals surface area contributed by atoms with Crippen LogP contribution in [0.15, 0.2) is 65.6 Å². The Morgan fingerprint density at radius 3 is 2.56 bits per heavy atom. The second-order valence-corrected chi connectivity index (χ2v) is 5.64. The summed E-state index contributed by atoms with van der Waals surface area (Å²) in [5.74, 6) is -0.506. The number of benzene rings is 2. The average molecular weight is 335 g/mol. The number of nitrogens with one attached hydrogen (secondary N) is 2. The molecule has 6 heteroatoms. The number of nitrogens with zero attached hydrogens (tertiary/aromatic N) is 1. The molecule has 3 aromatic rings. The molecule has 0 radical (unpaired) electrons. The molecule has 1 amide bonds. The first-order valence-electron chi connectivity index (χ1n) is 7.79. The number of aromatic nitrogens is 2. The quantitative estimate of drug-likeness (QED) is 0.703. The molecule has 0 atom stereocenters. The maximum atomic E-state index is 12.5. The number of hydrogen-bond donors (Lipinski definition) is 2. The van der Waals surface area contributed by atoms with Crippen LogP contribution in [0.4, 0.5) is 5.69 Å². The van der Waals surface area contributed by atoms with E-state index in [1.807, 2.05) is 30.3 Å². The zero-order valence-corrected chi connectivity index (χ0v) is 13.7. The predicted octanol–water partition coefficient (Wildman–Crippen LogP) is 2.68. The third-order valence-electron chi connectivity index (χ3n) is 3.81. The molecular weight excluding hydrogens is 318 g/mol. The summed E-state index contributed by atoms with van der Waals surface area (Å²) in [6.07, 6.45) is 1.38. The molecule has 0 aliphatic heterocycles. The molecule has 0 saturated heterocycles. The molecule has 126 valence electrons. The van der Waals surface area contributed by atoms with E-state index < -0.39 is 5.91 Å². The van der Waals surface area contributed by atoms with Crippen LogP contribution >= 0.6 is 0 Å². The standard InChI is InChI=1S/C19H17N3O3/c1-13(23)15-8-5-9-16(10-15)21-18(24)17-11-20-19(25)22(17)12-14-6-3-2-4-7-14/h2-11H,12H2,1H3,(H,20,25)(H,21,24). The molecule has 0 unspecified atom stereocenters. The first-order valence-corrected chi connectivity index (χ1v) is 7.79. The minimum atomic E-state index is -0.421. The lowest BCUT2D eigenvalue weighted by Gasteiger charge is -2.09. The monoisotopic (exact) mass is 335 g/mol. The number of carbonyl (C=O) groups excluding carboxylic acids is 2. The van der Waals surface area contributed by atoms with Gasteiger partial charge in [0, 0.05) is 17.4 Å². The van der Waals surface area contributed by atoms with Crippen LogP contribution in [0, 0.1) is 0 Å². The van der Waals surface area contributed by atoms with Crippen LogP contribution in [0.25, 0.3) is 0 Å². The van der Waals surface area contributed by atoms with Gasteiger partial charge in [0.15, 0.2) is 5.78 Å². The maximum Gasteiger partial charge on any atom is 0.326 e. The van der Waals surface area contributed by atoms with E-state index >= 15 is 0 Å².